The second-order valence-corrected chi connectivity index (χ2v) is 6.97. The number of nitrogens with two attached hydrogens (primary N) is 1. The zero-order valence-corrected chi connectivity index (χ0v) is 14.9. The van der Waals surface area contributed by atoms with Crippen molar-refractivity contribution < 1.29 is 4.39 Å². The van der Waals surface area contributed by atoms with Crippen molar-refractivity contribution in [2.75, 3.05) is 5.73 Å². The fourth-order valence-electron chi connectivity index (χ4n) is 2.01. The standard InChI is InChI=1S/C13H7ClFI2N3/c14-7-3-6(16)1-2-11(7)20-12-4-8(15)9(17)5-10(12)19-13(20)18/h1-5H,(H2,18,19). The van der Waals surface area contributed by atoms with E-state index in [1.807, 2.05) is 40.8 Å². The van der Waals surface area contributed by atoms with E-state index in [-0.39, 0.29) is 11.8 Å². The van der Waals surface area contributed by atoms with Gasteiger partial charge in [0.15, 0.2) is 0 Å². The Labute approximate surface area is 146 Å². The average molecular weight is 513 g/mol. The van der Waals surface area contributed by atoms with Crippen molar-refractivity contribution in [3.63, 3.8) is 0 Å². The molecule has 0 spiro atoms. The normalized spacial score (nSPS) is 11.2. The van der Waals surface area contributed by atoms with Gasteiger partial charge in [0.2, 0.25) is 5.95 Å². The van der Waals surface area contributed by atoms with Gasteiger partial charge in [-0.1, -0.05) is 11.6 Å². The Morgan fingerprint density at radius 2 is 1.95 bits per heavy atom. The minimum absolute atomic E-state index is 0.282. The largest absolute Gasteiger partial charge is 0.369 e. The lowest BCUT2D eigenvalue weighted by molar-refractivity contribution is 0.622. The summed E-state index contributed by atoms with van der Waals surface area (Å²) in [6, 6.07) is 8.67. The number of anilines is 1. The first kappa shape index (κ1) is 14.3. The molecule has 2 N–H and O–H groups in total. The molecule has 2 aromatic carbocycles. The van der Waals surface area contributed by atoms with Crippen molar-refractivity contribution in [1.29, 1.82) is 0 Å². The maximum absolute atomic E-state index is 13.8. The van der Waals surface area contributed by atoms with E-state index in [0.717, 1.165) is 3.57 Å². The highest BCUT2D eigenvalue weighted by molar-refractivity contribution is 14.1. The highest BCUT2D eigenvalue weighted by Gasteiger charge is 2.15. The second-order valence-electron chi connectivity index (χ2n) is 4.16. The minimum Gasteiger partial charge on any atom is -0.369 e. The second kappa shape index (κ2) is 5.30. The van der Waals surface area contributed by atoms with Crippen LogP contribution < -0.4 is 5.73 Å². The van der Waals surface area contributed by atoms with E-state index in [0.29, 0.717) is 25.3 Å². The average Bonchev–Trinajstić information content (AvgIpc) is 2.66. The number of nitrogen functional groups attached to an aromatic ring is 1. The van der Waals surface area contributed by atoms with Gasteiger partial charge in [-0.3, -0.25) is 4.57 Å². The fourth-order valence-corrected chi connectivity index (χ4v) is 3.40. The van der Waals surface area contributed by atoms with Crippen molar-refractivity contribution >= 4 is 73.8 Å². The Morgan fingerprint density at radius 3 is 2.65 bits per heavy atom. The highest BCUT2D eigenvalue weighted by atomic mass is 127. The predicted octanol–water partition coefficient (Wildman–Crippen LogP) is 4.61. The van der Waals surface area contributed by atoms with E-state index in [1.54, 1.807) is 10.6 Å². The monoisotopic (exact) mass is 513 g/mol. The maximum Gasteiger partial charge on any atom is 0.205 e. The Bertz CT molecular complexity index is 832. The summed E-state index contributed by atoms with van der Waals surface area (Å²) < 4.78 is 17.0. The summed E-state index contributed by atoms with van der Waals surface area (Å²) in [7, 11) is 0. The van der Waals surface area contributed by atoms with Gasteiger partial charge in [-0.2, -0.15) is 0 Å². The van der Waals surface area contributed by atoms with Crippen LogP contribution in [0.3, 0.4) is 0 Å². The molecule has 0 saturated heterocycles. The molecule has 3 rings (SSSR count). The van der Waals surface area contributed by atoms with Crippen LogP contribution in [-0.2, 0) is 0 Å². The van der Waals surface area contributed by atoms with Crippen molar-refractivity contribution in [2.45, 2.75) is 0 Å². The van der Waals surface area contributed by atoms with Crippen LogP contribution in [0.5, 0.6) is 0 Å². The van der Waals surface area contributed by atoms with E-state index in [1.165, 1.54) is 6.07 Å². The van der Waals surface area contributed by atoms with Gasteiger partial charge in [0.1, 0.15) is 5.82 Å². The van der Waals surface area contributed by atoms with Crippen molar-refractivity contribution in [1.82, 2.24) is 9.55 Å². The van der Waals surface area contributed by atoms with Crippen LogP contribution >= 0.6 is 56.8 Å². The highest BCUT2D eigenvalue weighted by Crippen LogP contribution is 2.30. The number of halogens is 4. The summed E-state index contributed by atoms with van der Waals surface area (Å²) in [5.74, 6) is -0.0228. The number of hydrogen-bond acceptors (Lipinski definition) is 2. The van der Waals surface area contributed by atoms with Crippen LogP contribution in [0.1, 0.15) is 0 Å². The molecule has 20 heavy (non-hydrogen) atoms. The number of fused-ring (bicyclic) bond motifs is 1. The summed E-state index contributed by atoms with van der Waals surface area (Å²) >= 11 is 10.4. The van der Waals surface area contributed by atoms with Crippen molar-refractivity contribution in [3.8, 4) is 5.69 Å². The van der Waals surface area contributed by atoms with Crippen LogP contribution in [0.25, 0.3) is 16.7 Å². The molecular weight excluding hydrogens is 506 g/mol. The molecule has 0 fully saturated rings. The quantitative estimate of drug-likeness (QED) is 0.483. The van der Waals surface area contributed by atoms with Gasteiger partial charge in [-0.15, -0.1) is 0 Å². The van der Waals surface area contributed by atoms with Gasteiger partial charge >= 0.3 is 0 Å². The number of nitrogens with zero attached hydrogens (tertiary/aromatic N) is 2. The summed E-state index contributed by atoms with van der Waals surface area (Å²) in [6.07, 6.45) is 0. The van der Waals surface area contributed by atoms with E-state index >= 15 is 0 Å². The van der Waals surface area contributed by atoms with E-state index < -0.39 is 0 Å². The summed E-state index contributed by atoms with van der Waals surface area (Å²) in [5.41, 5.74) is 7.89. The molecule has 3 aromatic rings. The molecule has 3 nitrogen and oxygen atoms in total. The molecule has 0 radical (unpaired) electrons. The number of imidazole rings is 1. The molecule has 0 atom stereocenters. The molecule has 0 bridgehead atoms. The lowest BCUT2D eigenvalue weighted by Gasteiger charge is -2.09. The Morgan fingerprint density at radius 1 is 1.20 bits per heavy atom. The zero-order chi connectivity index (χ0) is 14.4. The lowest BCUT2D eigenvalue weighted by Crippen LogP contribution is -2.01. The third kappa shape index (κ3) is 2.37. The fraction of sp³-hybridized carbons (Fsp3) is 0. The third-order valence-electron chi connectivity index (χ3n) is 2.87. The van der Waals surface area contributed by atoms with Crippen LogP contribution in [0.4, 0.5) is 10.3 Å². The summed E-state index contributed by atoms with van der Waals surface area (Å²) in [4.78, 5) is 4.26. The number of rotatable bonds is 1. The van der Waals surface area contributed by atoms with Crippen LogP contribution in [0, 0.1) is 13.0 Å². The molecule has 0 amide bonds. The molecular formula is C13H7ClFI2N3. The van der Waals surface area contributed by atoms with E-state index in [4.69, 9.17) is 17.3 Å². The first-order valence-electron chi connectivity index (χ1n) is 5.56. The molecule has 0 unspecified atom stereocenters. The lowest BCUT2D eigenvalue weighted by atomic mass is 10.2. The van der Waals surface area contributed by atoms with E-state index in [2.05, 4.69) is 27.6 Å². The van der Waals surface area contributed by atoms with Crippen LogP contribution in [0.15, 0.2) is 30.3 Å². The number of benzene rings is 2. The SMILES string of the molecule is Nc1nc2cc(I)c(F)cc2n1-c1ccc(I)cc1Cl. The number of hydrogen-bond donors (Lipinski definition) is 1. The van der Waals surface area contributed by atoms with Gasteiger partial charge in [-0.25, -0.2) is 9.37 Å². The molecule has 102 valence electrons. The Balaban J connectivity index is 2.35. The van der Waals surface area contributed by atoms with Crippen LogP contribution in [0.2, 0.25) is 5.02 Å². The Kier molecular flexibility index (Phi) is 3.80. The van der Waals surface area contributed by atoms with Crippen LogP contribution in [-0.4, -0.2) is 9.55 Å². The predicted molar refractivity (Wildman–Crippen MR) is 95.9 cm³/mol. The molecule has 0 aliphatic heterocycles. The van der Waals surface area contributed by atoms with Gasteiger partial charge < -0.3 is 5.73 Å². The molecule has 1 heterocycles. The van der Waals surface area contributed by atoms with Gasteiger partial charge in [0.25, 0.3) is 0 Å². The first-order chi connectivity index (χ1) is 9.47. The molecule has 0 saturated carbocycles. The van der Waals surface area contributed by atoms with Gasteiger partial charge in [-0.05, 0) is 69.4 Å². The third-order valence-corrected chi connectivity index (χ3v) is 4.67. The summed E-state index contributed by atoms with van der Waals surface area (Å²) in [5, 5.41) is 0.543. The topological polar surface area (TPSA) is 43.8 Å². The van der Waals surface area contributed by atoms with E-state index in [9.17, 15) is 4.39 Å². The van der Waals surface area contributed by atoms with Gasteiger partial charge in [0.05, 0.1) is 25.3 Å². The summed E-state index contributed by atoms with van der Waals surface area (Å²) in [6.45, 7) is 0. The smallest absolute Gasteiger partial charge is 0.205 e. The minimum atomic E-state index is -0.305. The molecule has 7 heteroatoms. The molecule has 0 aliphatic carbocycles. The van der Waals surface area contributed by atoms with Crippen molar-refractivity contribution in [2.24, 2.45) is 0 Å². The molecule has 0 aliphatic rings. The first-order valence-corrected chi connectivity index (χ1v) is 8.09. The van der Waals surface area contributed by atoms with Crippen molar-refractivity contribution in [3.05, 3.63) is 48.3 Å². The number of aromatic nitrogens is 2. The maximum atomic E-state index is 13.8. The zero-order valence-electron chi connectivity index (χ0n) is 9.87. The van der Waals surface area contributed by atoms with Gasteiger partial charge in [0, 0.05) is 9.64 Å². The molecule has 1 aromatic heterocycles. The Hall–Kier alpha value is -0.610.